The van der Waals surface area contributed by atoms with Gasteiger partial charge in [-0.1, -0.05) is 18.2 Å². The number of alkyl halides is 2. The van der Waals surface area contributed by atoms with Gasteiger partial charge in [-0.05, 0) is 12.1 Å². The summed E-state index contributed by atoms with van der Waals surface area (Å²) in [6, 6.07) is 9.53. The van der Waals surface area contributed by atoms with E-state index >= 15 is 0 Å². The average molecular weight is 424 g/mol. The fraction of sp³-hybridized carbons (Fsp3) is 0.286. The number of hydrogen-bond acceptors (Lipinski definition) is 5. The lowest BCUT2D eigenvalue weighted by atomic mass is 10.0. The van der Waals surface area contributed by atoms with Crippen molar-refractivity contribution in [2.24, 2.45) is 7.05 Å². The van der Waals surface area contributed by atoms with E-state index in [-0.39, 0.29) is 5.56 Å². The number of amides is 2. The van der Waals surface area contributed by atoms with Crippen molar-refractivity contribution in [3.63, 3.8) is 0 Å². The number of likely N-dealkylation sites (tertiary alicyclic amines) is 1. The number of carbonyl (C=O) groups is 2. The summed E-state index contributed by atoms with van der Waals surface area (Å²) in [6.07, 6.45) is 2.25. The lowest BCUT2D eigenvalue weighted by Crippen LogP contribution is -2.43. The maximum Gasteiger partial charge on any atom is 0.268 e. The highest BCUT2D eigenvalue weighted by Gasteiger charge is 2.47. The predicted molar refractivity (Wildman–Crippen MR) is 107 cm³/mol. The number of benzene rings is 1. The van der Waals surface area contributed by atoms with Gasteiger partial charge in [0, 0.05) is 36.8 Å². The maximum atomic E-state index is 13.6. The molecule has 0 aliphatic carbocycles. The van der Waals surface area contributed by atoms with Crippen LogP contribution >= 0.6 is 0 Å². The van der Waals surface area contributed by atoms with Crippen LogP contribution < -0.4 is 5.32 Å². The van der Waals surface area contributed by atoms with Crippen LogP contribution in [0.25, 0.3) is 22.2 Å². The minimum absolute atomic E-state index is 0.246. The Morgan fingerprint density at radius 2 is 2.10 bits per heavy atom. The second kappa shape index (κ2) is 7.75. The third kappa shape index (κ3) is 3.82. The molecular weight excluding hydrogens is 406 g/mol. The Kier molecular flexibility index (Phi) is 5.10. The minimum atomic E-state index is -3.11. The molecule has 1 fully saturated rings. The summed E-state index contributed by atoms with van der Waals surface area (Å²) in [5.74, 6) is -4.42. The smallest absolute Gasteiger partial charge is 0.268 e. The first-order chi connectivity index (χ1) is 14.8. The molecule has 8 nitrogen and oxygen atoms in total. The molecule has 3 heterocycles. The van der Waals surface area contributed by atoms with E-state index in [9.17, 15) is 18.4 Å². The number of carbonyl (C=O) groups excluding carboxylic acids is 2. The van der Waals surface area contributed by atoms with E-state index in [0.717, 1.165) is 15.8 Å². The summed E-state index contributed by atoms with van der Waals surface area (Å²) in [7, 11) is 1.79. The van der Waals surface area contributed by atoms with Crippen LogP contribution in [0.2, 0.25) is 0 Å². The number of aromatic nitrogens is 3. The highest BCUT2D eigenvalue weighted by Crippen LogP contribution is 2.32. The van der Waals surface area contributed by atoms with Crippen molar-refractivity contribution in [3.8, 4) is 17.3 Å². The van der Waals surface area contributed by atoms with Gasteiger partial charge in [0.15, 0.2) is 0 Å². The number of hydrogen-bond donors (Lipinski definition) is 1. The third-order valence-electron chi connectivity index (χ3n) is 5.22. The highest BCUT2D eigenvalue weighted by atomic mass is 19.3. The maximum absolute atomic E-state index is 13.6. The number of para-hydroxylation sites is 1. The van der Waals surface area contributed by atoms with Crippen molar-refractivity contribution in [1.82, 2.24) is 25.0 Å². The topological polar surface area (TPSA) is 104 Å². The molecule has 0 spiro atoms. The zero-order valence-corrected chi connectivity index (χ0v) is 16.5. The molecular formula is C21H18F2N6O2. The lowest BCUT2D eigenvalue weighted by molar-refractivity contribution is -0.131. The number of pyridine rings is 1. The van der Waals surface area contributed by atoms with Crippen molar-refractivity contribution in [2.45, 2.75) is 18.4 Å². The van der Waals surface area contributed by atoms with Crippen molar-refractivity contribution < 1.29 is 18.4 Å². The number of nitrogens with one attached hydrogen (secondary N) is 1. The van der Waals surface area contributed by atoms with Crippen LogP contribution in [-0.4, -0.2) is 56.5 Å². The Hall–Kier alpha value is -3.87. The van der Waals surface area contributed by atoms with Crippen molar-refractivity contribution >= 4 is 22.7 Å². The summed E-state index contributed by atoms with van der Waals surface area (Å²) in [6.45, 7) is -1.34. The molecule has 31 heavy (non-hydrogen) atoms. The van der Waals surface area contributed by atoms with Crippen molar-refractivity contribution in [1.29, 1.82) is 5.26 Å². The Balaban J connectivity index is 1.56. The molecule has 2 aromatic heterocycles. The predicted octanol–water partition coefficient (Wildman–Crippen LogP) is 2.12. The van der Waals surface area contributed by atoms with Gasteiger partial charge in [-0.25, -0.2) is 8.78 Å². The van der Waals surface area contributed by atoms with Gasteiger partial charge in [0.05, 0.1) is 30.2 Å². The van der Waals surface area contributed by atoms with E-state index in [0.29, 0.717) is 11.3 Å². The zero-order chi connectivity index (χ0) is 22.2. The number of halogens is 2. The SMILES string of the molecule is Cn1nc(-c2cnccc2C(=O)NCC(=O)N2CC(F)(F)CC2C#N)c2ccccc21. The molecule has 3 aromatic rings. The number of fused-ring (bicyclic) bond motifs is 1. The van der Waals surface area contributed by atoms with Gasteiger partial charge in [0.25, 0.3) is 11.8 Å². The fourth-order valence-corrected chi connectivity index (χ4v) is 3.74. The molecule has 4 rings (SSSR count). The largest absolute Gasteiger partial charge is 0.343 e. The third-order valence-corrected chi connectivity index (χ3v) is 5.22. The summed E-state index contributed by atoms with van der Waals surface area (Å²) in [5.41, 5.74) is 2.16. The molecule has 2 amide bonds. The van der Waals surface area contributed by atoms with E-state index in [1.165, 1.54) is 18.5 Å². The van der Waals surface area contributed by atoms with Gasteiger partial charge in [-0.3, -0.25) is 19.3 Å². The molecule has 1 N–H and O–H groups in total. The fourth-order valence-electron chi connectivity index (χ4n) is 3.74. The van der Waals surface area contributed by atoms with Crippen LogP contribution in [0.3, 0.4) is 0 Å². The Labute approximate surface area is 176 Å². The molecule has 158 valence electrons. The molecule has 1 unspecified atom stereocenters. The van der Waals surface area contributed by atoms with E-state index in [1.807, 2.05) is 24.3 Å². The number of rotatable bonds is 4. The molecule has 1 aliphatic heterocycles. The molecule has 1 aliphatic rings. The average Bonchev–Trinajstić information content (AvgIpc) is 3.28. The lowest BCUT2D eigenvalue weighted by Gasteiger charge is -2.19. The van der Waals surface area contributed by atoms with Gasteiger partial charge in [0.2, 0.25) is 5.91 Å². The minimum Gasteiger partial charge on any atom is -0.343 e. The number of nitrogens with zero attached hydrogens (tertiary/aromatic N) is 5. The van der Waals surface area contributed by atoms with Crippen molar-refractivity contribution in [3.05, 3.63) is 48.3 Å². The van der Waals surface area contributed by atoms with Gasteiger partial charge < -0.3 is 10.2 Å². The number of aryl methyl sites for hydroxylation is 1. The van der Waals surface area contributed by atoms with Crippen LogP contribution in [0.5, 0.6) is 0 Å². The Morgan fingerprint density at radius 3 is 2.87 bits per heavy atom. The summed E-state index contributed by atoms with van der Waals surface area (Å²) in [5, 5.41) is 16.8. The second-order valence-corrected chi connectivity index (χ2v) is 7.32. The summed E-state index contributed by atoms with van der Waals surface area (Å²) < 4.78 is 28.8. The first kappa shape index (κ1) is 20.4. The van der Waals surface area contributed by atoms with E-state index < -0.39 is 43.3 Å². The summed E-state index contributed by atoms with van der Waals surface area (Å²) >= 11 is 0. The zero-order valence-electron chi connectivity index (χ0n) is 16.5. The molecule has 0 saturated carbocycles. The van der Waals surface area contributed by atoms with E-state index in [4.69, 9.17) is 5.26 Å². The molecule has 0 bridgehead atoms. The van der Waals surface area contributed by atoms with Crippen LogP contribution in [0, 0.1) is 11.3 Å². The first-order valence-electron chi connectivity index (χ1n) is 9.52. The molecule has 1 aromatic carbocycles. The van der Waals surface area contributed by atoms with Gasteiger partial charge in [0.1, 0.15) is 11.7 Å². The second-order valence-electron chi connectivity index (χ2n) is 7.32. The Bertz CT molecular complexity index is 1220. The standard InChI is InChI=1S/C21H18F2N6O2/c1-28-17-5-3-2-4-15(17)19(27-28)16-10-25-7-6-14(16)20(31)26-11-18(30)29-12-21(22,23)8-13(29)9-24/h2-7,10,13H,8,11-12H2,1H3,(H,26,31). The summed E-state index contributed by atoms with van der Waals surface area (Å²) in [4.78, 5) is 30.1. The van der Waals surface area contributed by atoms with Crippen LogP contribution in [0.4, 0.5) is 8.78 Å². The van der Waals surface area contributed by atoms with Crippen LogP contribution in [-0.2, 0) is 11.8 Å². The Morgan fingerprint density at radius 1 is 1.32 bits per heavy atom. The van der Waals surface area contributed by atoms with Gasteiger partial charge >= 0.3 is 0 Å². The van der Waals surface area contributed by atoms with Gasteiger partial charge in [-0.2, -0.15) is 10.4 Å². The molecule has 0 radical (unpaired) electrons. The quantitative estimate of drug-likeness (QED) is 0.691. The van der Waals surface area contributed by atoms with E-state index in [1.54, 1.807) is 17.8 Å². The normalized spacial score (nSPS) is 17.5. The highest BCUT2D eigenvalue weighted by molar-refractivity contribution is 6.05. The molecule has 10 heteroatoms. The van der Waals surface area contributed by atoms with Gasteiger partial charge in [-0.15, -0.1) is 0 Å². The monoisotopic (exact) mass is 424 g/mol. The molecule has 1 saturated heterocycles. The first-order valence-corrected chi connectivity index (χ1v) is 9.52. The van der Waals surface area contributed by atoms with Crippen molar-refractivity contribution in [2.75, 3.05) is 13.1 Å². The number of nitriles is 1. The van der Waals surface area contributed by atoms with Crippen LogP contribution in [0.15, 0.2) is 42.7 Å². The molecule has 1 atom stereocenters. The van der Waals surface area contributed by atoms with E-state index in [2.05, 4.69) is 15.4 Å². The van der Waals surface area contributed by atoms with Crippen LogP contribution in [0.1, 0.15) is 16.8 Å².